The lowest BCUT2D eigenvalue weighted by Crippen LogP contribution is -2.71. The van der Waals surface area contributed by atoms with Crippen LogP contribution in [0.25, 0.3) is 33.4 Å². The van der Waals surface area contributed by atoms with E-state index in [1.165, 1.54) is 16.9 Å². The quantitative estimate of drug-likeness (QED) is 0.222. The summed E-state index contributed by atoms with van der Waals surface area (Å²) in [6.07, 6.45) is 6.32. The van der Waals surface area contributed by atoms with Gasteiger partial charge in [0.15, 0.2) is 5.78 Å². The first-order valence-electron chi connectivity index (χ1n) is 23.0. The number of pyridine rings is 1. The maximum atomic E-state index is 14.4. The predicted octanol–water partition coefficient (Wildman–Crippen LogP) is 6.18. The van der Waals surface area contributed by atoms with Gasteiger partial charge in [-0.1, -0.05) is 26.8 Å². The summed E-state index contributed by atoms with van der Waals surface area (Å²) in [5.41, 5.74) is 11.6. The second-order valence-corrected chi connectivity index (χ2v) is 20.7. The molecule has 14 heteroatoms. The Hall–Kier alpha value is -4.21. The van der Waals surface area contributed by atoms with Crippen molar-refractivity contribution in [2.75, 3.05) is 51.4 Å². The van der Waals surface area contributed by atoms with Crippen LogP contribution in [0, 0.1) is 23.2 Å². The number of carbonyl (C=O) groups is 3. The van der Waals surface area contributed by atoms with Crippen LogP contribution in [0.5, 0.6) is 0 Å². The van der Waals surface area contributed by atoms with Crippen LogP contribution in [0.15, 0.2) is 35.8 Å². The van der Waals surface area contributed by atoms with Crippen LogP contribution in [0.1, 0.15) is 89.1 Å². The van der Waals surface area contributed by atoms with E-state index in [0.29, 0.717) is 24.8 Å². The van der Waals surface area contributed by atoms with Gasteiger partial charge in [-0.25, -0.2) is 10.4 Å². The molecule has 1 aromatic carbocycles. The molecule has 4 aromatic rings. The maximum absolute atomic E-state index is 14.4. The summed E-state index contributed by atoms with van der Waals surface area (Å²) in [6, 6.07) is 8.17. The lowest BCUT2D eigenvalue weighted by atomic mass is 9.70. The van der Waals surface area contributed by atoms with E-state index in [-0.39, 0.29) is 53.4 Å². The molecule has 3 aromatic heterocycles. The highest BCUT2D eigenvalue weighted by Crippen LogP contribution is 2.45. The number of Topliss-reactive ketones (excluding diaryl/α,β-unsaturated/α-hetero) is 1. The first kappa shape index (κ1) is 41.8. The van der Waals surface area contributed by atoms with E-state index in [4.69, 9.17) is 19.4 Å². The zero-order valence-corrected chi connectivity index (χ0v) is 37.9. The topological polar surface area (TPSA) is 134 Å². The summed E-state index contributed by atoms with van der Waals surface area (Å²) in [7, 11) is 1.75. The summed E-state index contributed by atoms with van der Waals surface area (Å²) in [6.45, 7) is 17.0. The lowest BCUT2D eigenvalue weighted by Gasteiger charge is -2.53. The average Bonchev–Trinajstić information content (AvgIpc) is 3.69. The van der Waals surface area contributed by atoms with Gasteiger partial charge in [0.25, 0.3) is 5.91 Å². The summed E-state index contributed by atoms with van der Waals surface area (Å²) < 4.78 is 14.4. The van der Waals surface area contributed by atoms with Crippen molar-refractivity contribution < 1.29 is 23.9 Å². The van der Waals surface area contributed by atoms with Gasteiger partial charge in [0.1, 0.15) is 6.04 Å². The van der Waals surface area contributed by atoms with Crippen molar-refractivity contribution in [3.8, 4) is 22.5 Å². The van der Waals surface area contributed by atoms with Gasteiger partial charge < -0.3 is 24.3 Å². The van der Waals surface area contributed by atoms with Crippen LogP contribution in [-0.2, 0) is 43.2 Å². The molecular weight excluding hydrogens is 801 g/mol. The van der Waals surface area contributed by atoms with E-state index in [1.54, 1.807) is 12.1 Å². The van der Waals surface area contributed by atoms with Gasteiger partial charge in [0.05, 0.1) is 65.4 Å². The number of hydrogen-bond donors (Lipinski definition) is 2. The molecule has 13 nitrogen and oxygen atoms in total. The van der Waals surface area contributed by atoms with Gasteiger partial charge >= 0.3 is 0 Å². The molecule has 62 heavy (non-hydrogen) atoms. The molecule has 2 saturated carbocycles. The Morgan fingerprint density at radius 3 is 2.73 bits per heavy atom. The van der Waals surface area contributed by atoms with E-state index in [1.807, 2.05) is 6.20 Å². The number of aryl methyl sites for hydroxylation is 1. The summed E-state index contributed by atoms with van der Waals surface area (Å²) in [5, 5.41) is 8.84. The number of nitrogens with zero attached hydrogens (tertiary/aromatic N) is 6. The van der Waals surface area contributed by atoms with Gasteiger partial charge in [-0.15, -0.1) is 11.3 Å². The van der Waals surface area contributed by atoms with E-state index in [9.17, 15) is 14.4 Å². The fourth-order valence-electron chi connectivity index (χ4n) is 10.9. The van der Waals surface area contributed by atoms with Crippen molar-refractivity contribution in [1.29, 1.82) is 0 Å². The molecular formula is C48H62N8O5S. The first-order chi connectivity index (χ1) is 29.9. The second-order valence-electron chi connectivity index (χ2n) is 19.7. The molecule has 2 N–H and O–H groups in total. The van der Waals surface area contributed by atoms with Gasteiger partial charge in [-0.05, 0) is 87.0 Å². The number of morpholine rings is 1. The molecule has 6 fully saturated rings. The predicted molar refractivity (Wildman–Crippen MR) is 241 cm³/mol. The molecule has 8 bridgehead atoms. The fourth-order valence-corrected chi connectivity index (χ4v) is 11.8. The van der Waals surface area contributed by atoms with E-state index in [0.717, 1.165) is 121 Å². The highest BCUT2D eigenvalue weighted by Gasteiger charge is 2.51. The Morgan fingerprint density at radius 1 is 1.13 bits per heavy atom. The SMILES string of the molecule is CCn1c(-c2cc(N3CCN4CCOC[C@@H]4C3)cnc2[C@H](C)OC)c2c3cc(ccc31)-c1csc(n1)C[C@H](NC(=O)[C@H]1C[C@@H]1C)C(=O)N1N[C@H](C(=O)CCC(C)(C)C2)C2CC1C2. The minimum atomic E-state index is -0.782. The molecule has 8 heterocycles. The van der Waals surface area contributed by atoms with Crippen LogP contribution < -0.4 is 15.6 Å². The number of hydrogen-bond acceptors (Lipinski definition) is 11. The number of benzene rings is 1. The molecule has 6 atom stereocenters. The van der Waals surface area contributed by atoms with Crippen LogP contribution in [0.2, 0.25) is 0 Å². The number of fused-ring (bicyclic) bond motifs is 5. The molecule has 330 valence electrons. The zero-order chi connectivity index (χ0) is 43.0. The number of ketones is 1. The molecule has 2 amide bonds. The molecule has 11 rings (SSSR count). The largest absolute Gasteiger partial charge is 0.378 e. The number of nitrogens with one attached hydrogen (secondary N) is 2. The van der Waals surface area contributed by atoms with Crippen molar-refractivity contribution in [1.82, 2.24) is 35.2 Å². The van der Waals surface area contributed by atoms with Crippen LogP contribution in [0.4, 0.5) is 5.69 Å². The lowest BCUT2D eigenvalue weighted by molar-refractivity contribution is -0.159. The standard InChI is InChI=1S/C48H62N8O5S/c1-7-55-40-9-8-29-19-35(40)37(45(55)36-20-32(23-49-43(36)28(3)60-6)54-13-12-53-14-15-61-25-33(53)24-54)22-48(4,5)11-10-41(57)44-30-17-31(18-30)56(52-44)47(59)38(21-42-50-39(29)26-62-42)51-46(58)34-16-27(34)2/h8-9,19-20,23,26-28,30-31,33-34,38,44,52H,7,10-18,21-22,24-25H2,1-6H3,(H,51,58)/t27-,28-,30?,31?,33-,34-,38-,44-/m0/s1. The number of methoxy groups -OCH3 is 1. The Bertz CT molecular complexity index is 2390. The zero-order valence-electron chi connectivity index (χ0n) is 37.1. The fraction of sp³-hybridized carbons (Fsp3) is 0.604. The number of amides is 2. The van der Waals surface area contributed by atoms with E-state index in [2.05, 4.69) is 89.4 Å². The van der Waals surface area contributed by atoms with Crippen molar-refractivity contribution in [3.63, 3.8) is 0 Å². The maximum Gasteiger partial charge on any atom is 0.259 e. The number of carbonyl (C=O) groups excluding carboxylic acids is 3. The van der Waals surface area contributed by atoms with Crippen LogP contribution in [0.3, 0.4) is 0 Å². The van der Waals surface area contributed by atoms with Crippen LogP contribution in [-0.4, -0.2) is 113 Å². The van der Waals surface area contributed by atoms with Crippen molar-refractivity contribution in [2.24, 2.45) is 23.2 Å². The molecule has 7 aliphatic rings. The molecule has 0 radical (unpaired) electrons. The van der Waals surface area contributed by atoms with Gasteiger partial charge in [0.2, 0.25) is 5.91 Å². The normalized spacial score (nSPS) is 29.2. The third-order valence-corrected chi connectivity index (χ3v) is 15.9. The molecule has 5 aliphatic heterocycles. The second kappa shape index (κ2) is 16.4. The smallest absolute Gasteiger partial charge is 0.259 e. The first-order valence-corrected chi connectivity index (χ1v) is 23.9. The molecule has 4 saturated heterocycles. The Kier molecular flexibility index (Phi) is 11.1. The molecule has 2 aliphatic carbocycles. The van der Waals surface area contributed by atoms with Crippen molar-refractivity contribution in [2.45, 2.75) is 116 Å². The molecule has 0 unspecified atom stereocenters. The number of thiazole rings is 1. The minimum Gasteiger partial charge on any atom is -0.378 e. The van der Waals surface area contributed by atoms with E-state index < -0.39 is 12.1 Å². The number of ether oxygens (including phenoxy) is 2. The molecule has 0 spiro atoms. The van der Waals surface area contributed by atoms with Gasteiger partial charge in [0, 0.05) is 92.0 Å². The number of piperazine rings is 1. The number of aromatic nitrogens is 3. The monoisotopic (exact) mass is 862 g/mol. The Morgan fingerprint density at radius 2 is 1.95 bits per heavy atom. The summed E-state index contributed by atoms with van der Waals surface area (Å²) in [4.78, 5) is 57.5. The highest BCUT2D eigenvalue weighted by molar-refractivity contribution is 7.10. The Labute approximate surface area is 368 Å². The third kappa shape index (κ3) is 7.67. The summed E-state index contributed by atoms with van der Waals surface area (Å²) in [5.74, 6) is 0.331. The number of hydrazine groups is 1. The Balaban J connectivity index is 1.09. The van der Waals surface area contributed by atoms with Crippen molar-refractivity contribution >= 4 is 45.5 Å². The highest BCUT2D eigenvalue weighted by atomic mass is 32.1. The van der Waals surface area contributed by atoms with Gasteiger partial charge in [-0.3, -0.25) is 29.3 Å². The van der Waals surface area contributed by atoms with Crippen LogP contribution >= 0.6 is 11.3 Å². The minimum absolute atomic E-state index is 0.0143. The third-order valence-electron chi connectivity index (χ3n) is 15.0. The average molecular weight is 863 g/mol. The number of rotatable bonds is 7. The van der Waals surface area contributed by atoms with Crippen molar-refractivity contribution in [3.05, 3.63) is 52.1 Å². The van der Waals surface area contributed by atoms with E-state index >= 15 is 0 Å². The summed E-state index contributed by atoms with van der Waals surface area (Å²) >= 11 is 1.52. The van der Waals surface area contributed by atoms with Gasteiger partial charge in [-0.2, -0.15) is 0 Å². The number of anilines is 1.